The number of nitrogens with zero attached hydrogens (tertiary/aromatic N) is 1. The van der Waals surface area contributed by atoms with Crippen LogP contribution in [-0.4, -0.2) is 44.2 Å². The summed E-state index contributed by atoms with van der Waals surface area (Å²) in [6.45, 7) is 7.77. The van der Waals surface area contributed by atoms with Crippen molar-refractivity contribution >= 4 is 21.8 Å². The molecule has 8 nitrogen and oxygen atoms in total. The molecule has 2 aromatic carbocycles. The van der Waals surface area contributed by atoms with Gasteiger partial charge in [-0.1, -0.05) is 26.0 Å². The number of amides is 2. The second-order valence-corrected chi connectivity index (χ2v) is 8.61. The van der Waals surface area contributed by atoms with Crippen molar-refractivity contribution in [1.82, 2.24) is 15.2 Å². The van der Waals surface area contributed by atoms with Gasteiger partial charge in [0.1, 0.15) is 5.75 Å². The van der Waals surface area contributed by atoms with Crippen molar-refractivity contribution < 1.29 is 22.7 Å². The Kier molecular flexibility index (Phi) is 7.96. The summed E-state index contributed by atoms with van der Waals surface area (Å²) < 4.78 is 31.8. The van der Waals surface area contributed by atoms with Crippen LogP contribution in [0.15, 0.2) is 47.4 Å². The first kappa shape index (κ1) is 23.4. The molecule has 0 fully saturated rings. The number of aryl methyl sites for hydroxylation is 2. The number of hydrogen-bond donors (Lipinski definition) is 2. The topological polar surface area (TPSA) is 105 Å². The number of ether oxygens (including phenoxy) is 1. The summed E-state index contributed by atoms with van der Waals surface area (Å²) in [5, 5.41) is 0. The molecule has 2 rings (SSSR count). The average Bonchev–Trinajstić information content (AvgIpc) is 2.73. The lowest BCUT2D eigenvalue weighted by Gasteiger charge is -2.18. The fourth-order valence-corrected chi connectivity index (χ4v) is 4.19. The van der Waals surface area contributed by atoms with E-state index in [2.05, 4.69) is 10.9 Å². The Labute approximate surface area is 177 Å². The molecule has 0 heterocycles. The molecule has 0 bridgehead atoms. The molecule has 0 aromatic heterocycles. The van der Waals surface area contributed by atoms with E-state index in [0.717, 1.165) is 11.1 Å². The fraction of sp³-hybridized carbons (Fsp3) is 0.333. The Hall–Kier alpha value is -2.91. The molecule has 9 heteroatoms. The van der Waals surface area contributed by atoms with E-state index in [1.807, 2.05) is 32.0 Å². The molecule has 0 spiro atoms. The van der Waals surface area contributed by atoms with E-state index < -0.39 is 21.8 Å². The molecule has 0 aliphatic carbocycles. The maximum atomic E-state index is 12.5. The Morgan fingerprint density at radius 1 is 0.967 bits per heavy atom. The summed E-state index contributed by atoms with van der Waals surface area (Å²) in [7, 11) is -3.59. The van der Waals surface area contributed by atoms with Crippen molar-refractivity contribution in [2.24, 2.45) is 0 Å². The first-order valence-electron chi connectivity index (χ1n) is 9.58. The number of benzene rings is 2. The van der Waals surface area contributed by atoms with Crippen molar-refractivity contribution in [3.05, 3.63) is 59.2 Å². The average molecular weight is 434 g/mol. The van der Waals surface area contributed by atoms with E-state index >= 15 is 0 Å². The third-order valence-corrected chi connectivity index (χ3v) is 6.54. The lowest BCUT2D eigenvalue weighted by Crippen LogP contribution is -2.43. The van der Waals surface area contributed by atoms with Crippen LogP contribution in [0.25, 0.3) is 0 Å². The number of sulfonamides is 1. The molecule has 0 saturated heterocycles. The lowest BCUT2D eigenvalue weighted by atomic mass is 10.1. The molecule has 0 aliphatic rings. The first-order valence-corrected chi connectivity index (χ1v) is 11.0. The van der Waals surface area contributed by atoms with E-state index in [4.69, 9.17) is 4.74 Å². The predicted molar refractivity (Wildman–Crippen MR) is 114 cm³/mol. The predicted octanol–water partition coefficient (Wildman–Crippen LogP) is 2.17. The van der Waals surface area contributed by atoms with Gasteiger partial charge >= 0.3 is 0 Å². The molecule has 2 aromatic rings. The molecular formula is C21H27N3O5S. The van der Waals surface area contributed by atoms with Crippen molar-refractivity contribution in [3.63, 3.8) is 0 Å². The summed E-state index contributed by atoms with van der Waals surface area (Å²) >= 11 is 0. The molecule has 0 atom stereocenters. The van der Waals surface area contributed by atoms with Gasteiger partial charge in [-0.3, -0.25) is 20.4 Å². The van der Waals surface area contributed by atoms with Crippen LogP contribution in [0.2, 0.25) is 0 Å². The summed E-state index contributed by atoms with van der Waals surface area (Å²) in [6.07, 6.45) is 0. The number of hydrogen-bond acceptors (Lipinski definition) is 5. The van der Waals surface area contributed by atoms with Gasteiger partial charge < -0.3 is 4.74 Å². The van der Waals surface area contributed by atoms with Crippen LogP contribution in [0.5, 0.6) is 5.75 Å². The summed E-state index contributed by atoms with van der Waals surface area (Å²) in [6, 6.07) is 11.2. The van der Waals surface area contributed by atoms with Crippen LogP contribution in [0.3, 0.4) is 0 Å². The summed E-state index contributed by atoms with van der Waals surface area (Å²) in [5.41, 5.74) is 6.68. The maximum absolute atomic E-state index is 12.5. The normalized spacial score (nSPS) is 11.2. The monoisotopic (exact) mass is 433 g/mol. The van der Waals surface area contributed by atoms with E-state index in [0.29, 0.717) is 18.8 Å². The molecule has 0 unspecified atom stereocenters. The highest BCUT2D eigenvalue weighted by molar-refractivity contribution is 7.89. The zero-order valence-corrected chi connectivity index (χ0v) is 18.4. The Morgan fingerprint density at radius 3 is 2.20 bits per heavy atom. The Balaban J connectivity index is 1.91. The van der Waals surface area contributed by atoms with Gasteiger partial charge in [-0.25, -0.2) is 8.42 Å². The fourth-order valence-electron chi connectivity index (χ4n) is 2.73. The minimum atomic E-state index is -3.59. The van der Waals surface area contributed by atoms with Crippen LogP contribution in [0.4, 0.5) is 0 Å². The number of carbonyl (C=O) groups is 2. The molecular weight excluding hydrogens is 406 g/mol. The van der Waals surface area contributed by atoms with Crippen LogP contribution in [0.1, 0.15) is 35.3 Å². The number of hydrazine groups is 1. The van der Waals surface area contributed by atoms with E-state index in [1.54, 1.807) is 13.8 Å². The van der Waals surface area contributed by atoms with Crippen molar-refractivity contribution in [2.45, 2.75) is 32.6 Å². The van der Waals surface area contributed by atoms with Gasteiger partial charge in [0.2, 0.25) is 10.0 Å². The molecule has 0 aliphatic heterocycles. The van der Waals surface area contributed by atoms with E-state index in [-0.39, 0.29) is 17.1 Å². The summed E-state index contributed by atoms with van der Waals surface area (Å²) in [4.78, 5) is 24.2. The molecule has 162 valence electrons. The van der Waals surface area contributed by atoms with Crippen LogP contribution < -0.4 is 15.6 Å². The number of rotatable bonds is 8. The van der Waals surface area contributed by atoms with Crippen LogP contribution in [-0.2, 0) is 14.8 Å². The summed E-state index contributed by atoms with van der Waals surface area (Å²) in [5.74, 6) is -0.492. The van der Waals surface area contributed by atoms with E-state index in [1.165, 1.54) is 28.6 Å². The van der Waals surface area contributed by atoms with Gasteiger partial charge in [0.05, 0.1) is 4.90 Å². The third kappa shape index (κ3) is 5.80. The van der Waals surface area contributed by atoms with Gasteiger partial charge in [-0.15, -0.1) is 0 Å². The highest BCUT2D eigenvalue weighted by atomic mass is 32.2. The Bertz CT molecular complexity index is 1000. The quantitative estimate of drug-likeness (QED) is 0.621. The maximum Gasteiger partial charge on any atom is 0.276 e. The molecule has 30 heavy (non-hydrogen) atoms. The molecule has 0 radical (unpaired) electrons. The SMILES string of the molecule is CCN(CC)S(=O)(=O)c1ccc(C(=O)NNC(=O)COc2cc(C)ccc2C)cc1. The molecule has 0 saturated carbocycles. The second kappa shape index (κ2) is 10.2. The smallest absolute Gasteiger partial charge is 0.276 e. The number of nitrogens with one attached hydrogen (secondary N) is 2. The second-order valence-electron chi connectivity index (χ2n) is 6.67. The van der Waals surface area contributed by atoms with Crippen LogP contribution in [0, 0.1) is 13.8 Å². The minimum Gasteiger partial charge on any atom is -0.483 e. The zero-order chi connectivity index (χ0) is 22.3. The highest BCUT2D eigenvalue weighted by Crippen LogP contribution is 2.19. The van der Waals surface area contributed by atoms with Crippen molar-refractivity contribution in [3.8, 4) is 5.75 Å². The highest BCUT2D eigenvalue weighted by Gasteiger charge is 2.21. The minimum absolute atomic E-state index is 0.105. The standard InChI is InChI=1S/C21H27N3O5S/c1-5-24(6-2)30(27,28)18-11-9-17(10-12-18)21(26)23-22-20(25)14-29-19-13-15(3)7-8-16(19)4/h7-13H,5-6,14H2,1-4H3,(H,22,25)(H,23,26). The lowest BCUT2D eigenvalue weighted by molar-refractivity contribution is -0.123. The first-order chi connectivity index (χ1) is 14.2. The third-order valence-electron chi connectivity index (χ3n) is 4.48. The van der Waals surface area contributed by atoms with Gasteiger partial charge in [-0.05, 0) is 55.3 Å². The molecule has 2 N–H and O–H groups in total. The van der Waals surface area contributed by atoms with Crippen molar-refractivity contribution in [2.75, 3.05) is 19.7 Å². The zero-order valence-electron chi connectivity index (χ0n) is 17.6. The van der Waals surface area contributed by atoms with Gasteiger partial charge in [0.15, 0.2) is 6.61 Å². The van der Waals surface area contributed by atoms with Crippen molar-refractivity contribution in [1.29, 1.82) is 0 Å². The number of carbonyl (C=O) groups excluding carboxylic acids is 2. The van der Waals surface area contributed by atoms with Gasteiger partial charge in [0, 0.05) is 18.7 Å². The van der Waals surface area contributed by atoms with Gasteiger partial charge in [-0.2, -0.15) is 4.31 Å². The Morgan fingerprint density at radius 2 is 1.60 bits per heavy atom. The van der Waals surface area contributed by atoms with E-state index in [9.17, 15) is 18.0 Å². The largest absolute Gasteiger partial charge is 0.483 e. The van der Waals surface area contributed by atoms with Crippen LogP contribution >= 0.6 is 0 Å². The van der Waals surface area contributed by atoms with Gasteiger partial charge in [0.25, 0.3) is 11.8 Å². The molecule has 2 amide bonds.